The highest BCUT2D eigenvalue weighted by Crippen LogP contribution is 2.22. The van der Waals surface area contributed by atoms with E-state index in [1.54, 1.807) is 37.3 Å². The Morgan fingerprint density at radius 2 is 1.77 bits per heavy atom. The number of rotatable bonds is 3. The summed E-state index contributed by atoms with van der Waals surface area (Å²) in [6.07, 6.45) is 0. The van der Waals surface area contributed by atoms with Gasteiger partial charge in [-0.15, -0.1) is 0 Å². The van der Waals surface area contributed by atoms with Crippen LogP contribution in [0, 0.1) is 12.7 Å². The van der Waals surface area contributed by atoms with Gasteiger partial charge >= 0.3 is 5.97 Å². The fourth-order valence-electron chi connectivity index (χ4n) is 2.81. The first-order valence-electron chi connectivity index (χ1n) is 8.14. The second-order valence-electron chi connectivity index (χ2n) is 5.97. The number of carbonyl (C=O) groups excluding carboxylic acids is 1. The maximum absolute atomic E-state index is 13.5. The highest BCUT2D eigenvalue weighted by molar-refractivity contribution is 5.96. The highest BCUT2D eigenvalue weighted by Gasteiger charge is 2.15. The van der Waals surface area contributed by atoms with Gasteiger partial charge in [-0.05, 0) is 48.0 Å². The SMILES string of the molecule is Cc1cc(OC(=O)c2ccc3ccccc3c2)n(-c2cccc(F)c2)n1. The van der Waals surface area contributed by atoms with Crippen LogP contribution < -0.4 is 4.74 Å². The van der Waals surface area contributed by atoms with Gasteiger partial charge in [0.05, 0.1) is 16.9 Å². The van der Waals surface area contributed by atoms with Crippen molar-refractivity contribution in [2.24, 2.45) is 0 Å². The quantitative estimate of drug-likeness (QED) is 0.505. The number of hydrogen-bond donors (Lipinski definition) is 0. The summed E-state index contributed by atoms with van der Waals surface area (Å²) < 4.78 is 20.5. The van der Waals surface area contributed by atoms with Crippen molar-refractivity contribution in [2.45, 2.75) is 6.92 Å². The Morgan fingerprint density at radius 1 is 0.962 bits per heavy atom. The molecule has 0 spiro atoms. The first kappa shape index (κ1) is 16.0. The Hall–Kier alpha value is -3.47. The molecule has 0 bridgehead atoms. The van der Waals surface area contributed by atoms with Crippen molar-refractivity contribution in [3.8, 4) is 11.6 Å². The zero-order chi connectivity index (χ0) is 18.1. The van der Waals surface area contributed by atoms with E-state index in [9.17, 15) is 9.18 Å². The number of benzene rings is 3. The summed E-state index contributed by atoms with van der Waals surface area (Å²) in [6.45, 7) is 1.78. The monoisotopic (exact) mass is 346 g/mol. The molecular weight excluding hydrogens is 331 g/mol. The molecule has 1 heterocycles. The third kappa shape index (κ3) is 3.07. The molecule has 0 aliphatic carbocycles. The minimum Gasteiger partial charge on any atom is -0.404 e. The van der Waals surface area contributed by atoms with E-state index in [1.807, 2.05) is 30.3 Å². The summed E-state index contributed by atoms with van der Waals surface area (Å²) in [5.41, 5.74) is 1.59. The molecule has 4 aromatic rings. The van der Waals surface area contributed by atoms with Gasteiger partial charge in [-0.1, -0.05) is 36.4 Å². The lowest BCUT2D eigenvalue weighted by atomic mass is 10.1. The largest absolute Gasteiger partial charge is 0.404 e. The third-order valence-electron chi connectivity index (χ3n) is 4.03. The second-order valence-corrected chi connectivity index (χ2v) is 5.97. The van der Waals surface area contributed by atoms with Crippen molar-refractivity contribution in [1.29, 1.82) is 0 Å². The van der Waals surface area contributed by atoms with Crippen LogP contribution in [0.2, 0.25) is 0 Å². The number of carbonyl (C=O) groups is 1. The van der Waals surface area contributed by atoms with Crippen LogP contribution in [0.4, 0.5) is 4.39 Å². The summed E-state index contributed by atoms with van der Waals surface area (Å²) in [6, 6.07) is 20.8. The van der Waals surface area contributed by atoms with Crippen molar-refractivity contribution >= 4 is 16.7 Å². The minimum absolute atomic E-state index is 0.242. The van der Waals surface area contributed by atoms with Gasteiger partial charge in [0.15, 0.2) is 0 Å². The van der Waals surface area contributed by atoms with Gasteiger partial charge in [0, 0.05) is 6.07 Å². The number of nitrogens with zero attached hydrogens (tertiary/aromatic N) is 2. The fourth-order valence-corrected chi connectivity index (χ4v) is 2.81. The van der Waals surface area contributed by atoms with Crippen molar-refractivity contribution in [1.82, 2.24) is 9.78 Å². The van der Waals surface area contributed by atoms with Gasteiger partial charge in [-0.25, -0.2) is 13.9 Å². The van der Waals surface area contributed by atoms with Crippen LogP contribution in [-0.2, 0) is 0 Å². The lowest BCUT2D eigenvalue weighted by Crippen LogP contribution is -2.11. The predicted octanol–water partition coefficient (Wildman–Crippen LogP) is 4.69. The Morgan fingerprint density at radius 3 is 2.58 bits per heavy atom. The van der Waals surface area contributed by atoms with Gasteiger partial charge in [0.1, 0.15) is 5.82 Å². The number of hydrogen-bond acceptors (Lipinski definition) is 3. The summed E-state index contributed by atoms with van der Waals surface area (Å²) in [5, 5.41) is 6.29. The van der Waals surface area contributed by atoms with E-state index in [1.165, 1.54) is 16.8 Å². The lowest BCUT2D eigenvalue weighted by Gasteiger charge is -2.08. The lowest BCUT2D eigenvalue weighted by molar-refractivity contribution is 0.0723. The first-order chi connectivity index (χ1) is 12.6. The number of aryl methyl sites for hydroxylation is 1. The van der Waals surface area contributed by atoms with Gasteiger partial charge in [0.25, 0.3) is 0 Å². The molecule has 1 aromatic heterocycles. The van der Waals surface area contributed by atoms with Crippen LogP contribution in [0.5, 0.6) is 5.88 Å². The van der Waals surface area contributed by atoms with Crippen LogP contribution in [-0.4, -0.2) is 15.7 Å². The molecule has 0 fully saturated rings. The average Bonchev–Trinajstić information content (AvgIpc) is 3.01. The molecule has 0 radical (unpaired) electrons. The van der Waals surface area contributed by atoms with Crippen molar-refractivity contribution < 1.29 is 13.9 Å². The molecule has 0 saturated heterocycles. The third-order valence-corrected chi connectivity index (χ3v) is 4.03. The summed E-state index contributed by atoms with van der Waals surface area (Å²) in [7, 11) is 0. The maximum atomic E-state index is 13.5. The highest BCUT2D eigenvalue weighted by atomic mass is 19.1. The minimum atomic E-state index is -0.492. The molecule has 26 heavy (non-hydrogen) atoms. The molecule has 4 rings (SSSR count). The fraction of sp³-hybridized carbons (Fsp3) is 0.0476. The topological polar surface area (TPSA) is 44.1 Å². The molecule has 5 heteroatoms. The van der Waals surface area contributed by atoms with E-state index in [4.69, 9.17) is 4.74 Å². The first-order valence-corrected chi connectivity index (χ1v) is 8.14. The van der Waals surface area contributed by atoms with Gasteiger partial charge in [-0.3, -0.25) is 0 Å². The number of aromatic nitrogens is 2. The molecule has 0 atom stereocenters. The van der Waals surface area contributed by atoms with Crippen molar-refractivity contribution in [3.05, 3.63) is 89.9 Å². The molecule has 4 nitrogen and oxygen atoms in total. The Bertz CT molecular complexity index is 1120. The average molecular weight is 346 g/mol. The van der Waals surface area contributed by atoms with Gasteiger partial charge < -0.3 is 4.74 Å². The Labute approximate surface area is 149 Å². The van der Waals surface area contributed by atoms with E-state index in [0.29, 0.717) is 16.9 Å². The molecule has 0 aliphatic heterocycles. The van der Waals surface area contributed by atoms with E-state index in [0.717, 1.165) is 10.8 Å². The van der Waals surface area contributed by atoms with Crippen LogP contribution in [0.25, 0.3) is 16.5 Å². The number of halogens is 1. The normalized spacial score (nSPS) is 10.8. The smallest absolute Gasteiger partial charge is 0.344 e. The number of fused-ring (bicyclic) bond motifs is 1. The van der Waals surface area contributed by atoms with E-state index < -0.39 is 5.97 Å². The molecule has 0 unspecified atom stereocenters. The Balaban J connectivity index is 1.67. The molecule has 0 N–H and O–H groups in total. The van der Waals surface area contributed by atoms with Crippen molar-refractivity contribution in [2.75, 3.05) is 0 Å². The molecule has 0 saturated carbocycles. The number of esters is 1. The van der Waals surface area contributed by atoms with Crippen LogP contribution in [0.3, 0.4) is 0 Å². The number of ether oxygens (including phenoxy) is 1. The van der Waals surface area contributed by atoms with Gasteiger partial charge in [-0.2, -0.15) is 5.10 Å². The van der Waals surface area contributed by atoms with E-state index in [2.05, 4.69) is 5.10 Å². The summed E-state index contributed by atoms with van der Waals surface area (Å²) in [5.74, 6) is -0.637. The van der Waals surface area contributed by atoms with Gasteiger partial charge in [0.2, 0.25) is 5.88 Å². The Kier molecular flexibility index (Phi) is 3.97. The zero-order valence-electron chi connectivity index (χ0n) is 14.0. The summed E-state index contributed by atoms with van der Waals surface area (Å²) >= 11 is 0. The van der Waals surface area contributed by atoms with Crippen LogP contribution in [0.1, 0.15) is 16.1 Å². The summed E-state index contributed by atoms with van der Waals surface area (Å²) in [4.78, 5) is 12.6. The zero-order valence-corrected chi connectivity index (χ0v) is 14.0. The molecule has 0 amide bonds. The molecule has 3 aromatic carbocycles. The van der Waals surface area contributed by atoms with E-state index >= 15 is 0 Å². The molecular formula is C21H15FN2O2. The maximum Gasteiger partial charge on any atom is 0.344 e. The molecule has 0 aliphatic rings. The molecule has 128 valence electrons. The second kappa shape index (κ2) is 6.44. The van der Waals surface area contributed by atoms with Crippen LogP contribution in [0.15, 0.2) is 72.8 Å². The van der Waals surface area contributed by atoms with E-state index in [-0.39, 0.29) is 11.7 Å². The van der Waals surface area contributed by atoms with Crippen molar-refractivity contribution in [3.63, 3.8) is 0 Å². The predicted molar refractivity (Wildman–Crippen MR) is 97.2 cm³/mol. The standard InChI is InChI=1S/C21H15FN2O2/c1-14-11-20(24(23-14)19-8-4-7-18(22)13-19)26-21(25)17-10-9-15-5-2-3-6-16(15)12-17/h2-13H,1H3. The van der Waals surface area contributed by atoms with Crippen LogP contribution >= 0.6 is 0 Å².